The Hall–Kier alpha value is -3.79. The van der Waals surface area contributed by atoms with Gasteiger partial charge in [-0.25, -0.2) is 4.79 Å². The van der Waals surface area contributed by atoms with Gasteiger partial charge in [0.1, 0.15) is 17.7 Å². The van der Waals surface area contributed by atoms with Gasteiger partial charge in [-0.2, -0.15) is 0 Å². The number of carbonyl (C=O) groups is 3. The molecule has 0 fully saturated rings. The van der Waals surface area contributed by atoms with Gasteiger partial charge >= 0.3 is 6.09 Å². The third kappa shape index (κ3) is 6.61. The highest BCUT2D eigenvalue weighted by molar-refractivity contribution is 6.00. The van der Waals surface area contributed by atoms with Crippen LogP contribution < -0.4 is 10.6 Å². The number of hydrogen-bond donors (Lipinski definition) is 2. The molecule has 7 heteroatoms. The fourth-order valence-corrected chi connectivity index (χ4v) is 3.57. The van der Waals surface area contributed by atoms with Crippen molar-refractivity contribution in [1.29, 1.82) is 0 Å². The van der Waals surface area contributed by atoms with Crippen molar-refractivity contribution in [3.63, 3.8) is 0 Å². The summed E-state index contributed by atoms with van der Waals surface area (Å²) in [4.78, 5) is 40.2. The van der Waals surface area contributed by atoms with Crippen LogP contribution in [0, 0.1) is 33.2 Å². The SMILES string of the molecule is C#CN(C(=O)C(C)NC(=O)OC(C)(C)C)C(C(=O)Nc1ccccc1C)c1c(C)cccc1C. The van der Waals surface area contributed by atoms with E-state index in [2.05, 4.69) is 16.7 Å². The Labute approximate surface area is 201 Å². The number of amides is 3. The van der Waals surface area contributed by atoms with E-state index in [0.717, 1.165) is 21.6 Å². The van der Waals surface area contributed by atoms with E-state index in [9.17, 15) is 14.4 Å². The Morgan fingerprint density at radius 2 is 1.53 bits per heavy atom. The Morgan fingerprint density at radius 3 is 2.06 bits per heavy atom. The Bertz CT molecular complexity index is 1090. The lowest BCUT2D eigenvalue weighted by Crippen LogP contribution is -2.49. The van der Waals surface area contributed by atoms with Crippen LogP contribution in [-0.2, 0) is 14.3 Å². The van der Waals surface area contributed by atoms with E-state index in [-0.39, 0.29) is 0 Å². The van der Waals surface area contributed by atoms with Crippen LogP contribution in [0.4, 0.5) is 10.5 Å². The lowest BCUT2D eigenvalue weighted by Gasteiger charge is -2.31. The number of terminal acetylenes is 1. The van der Waals surface area contributed by atoms with E-state index in [1.165, 1.54) is 6.92 Å². The van der Waals surface area contributed by atoms with Gasteiger partial charge in [-0.15, -0.1) is 0 Å². The third-order valence-corrected chi connectivity index (χ3v) is 5.21. The fraction of sp³-hybridized carbons (Fsp3) is 0.370. The van der Waals surface area contributed by atoms with E-state index in [4.69, 9.17) is 11.2 Å². The molecule has 0 heterocycles. The normalized spacial score (nSPS) is 12.6. The molecule has 0 spiro atoms. The van der Waals surface area contributed by atoms with Crippen LogP contribution in [0.1, 0.15) is 56.0 Å². The highest BCUT2D eigenvalue weighted by Gasteiger charge is 2.36. The lowest BCUT2D eigenvalue weighted by molar-refractivity contribution is -0.136. The Balaban J connectivity index is 2.45. The molecule has 2 rings (SSSR count). The van der Waals surface area contributed by atoms with Gasteiger partial charge in [0, 0.05) is 11.7 Å². The zero-order valence-corrected chi connectivity index (χ0v) is 20.9. The predicted molar refractivity (Wildman–Crippen MR) is 133 cm³/mol. The van der Waals surface area contributed by atoms with Gasteiger partial charge in [-0.1, -0.05) is 42.8 Å². The molecular formula is C27H33N3O4. The summed E-state index contributed by atoms with van der Waals surface area (Å²) in [5.74, 6) is -1.07. The number of aryl methyl sites for hydroxylation is 3. The van der Waals surface area contributed by atoms with Crippen molar-refractivity contribution >= 4 is 23.6 Å². The van der Waals surface area contributed by atoms with Crippen molar-refractivity contribution < 1.29 is 19.1 Å². The molecule has 0 aliphatic carbocycles. The zero-order valence-electron chi connectivity index (χ0n) is 20.9. The maximum absolute atomic E-state index is 13.6. The Kier molecular flexibility index (Phi) is 8.47. The molecule has 0 aliphatic heterocycles. The van der Waals surface area contributed by atoms with Crippen LogP contribution in [0.5, 0.6) is 0 Å². The second-order valence-corrected chi connectivity index (χ2v) is 9.22. The first-order valence-corrected chi connectivity index (χ1v) is 11.1. The van der Waals surface area contributed by atoms with Gasteiger partial charge in [-0.3, -0.25) is 14.5 Å². The van der Waals surface area contributed by atoms with Crippen molar-refractivity contribution in [1.82, 2.24) is 10.2 Å². The first-order valence-electron chi connectivity index (χ1n) is 11.1. The molecular weight excluding hydrogens is 430 g/mol. The van der Waals surface area contributed by atoms with Crippen LogP contribution in [-0.4, -0.2) is 34.5 Å². The molecule has 0 aromatic heterocycles. The first kappa shape index (κ1) is 26.5. The second kappa shape index (κ2) is 10.9. The van der Waals surface area contributed by atoms with Gasteiger partial charge in [0.15, 0.2) is 0 Å². The third-order valence-electron chi connectivity index (χ3n) is 5.21. The van der Waals surface area contributed by atoms with Crippen molar-refractivity contribution in [2.75, 3.05) is 5.32 Å². The van der Waals surface area contributed by atoms with E-state index in [1.54, 1.807) is 26.8 Å². The predicted octanol–water partition coefficient (Wildman–Crippen LogP) is 4.62. The number of nitrogens with zero attached hydrogens (tertiary/aromatic N) is 1. The smallest absolute Gasteiger partial charge is 0.408 e. The average Bonchev–Trinajstić information content (AvgIpc) is 2.72. The van der Waals surface area contributed by atoms with Crippen molar-refractivity contribution in [2.45, 2.75) is 66.2 Å². The molecule has 2 N–H and O–H groups in total. The number of anilines is 1. The summed E-state index contributed by atoms with van der Waals surface area (Å²) in [5, 5.41) is 5.41. The van der Waals surface area contributed by atoms with Gasteiger partial charge in [0.2, 0.25) is 0 Å². The molecule has 0 aliphatic rings. The minimum atomic E-state index is -1.11. The highest BCUT2D eigenvalue weighted by atomic mass is 16.6. The average molecular weight is 464 g/mol. The molecule has 0 radical (unpaired) electrons. The maximum atomic E-state index is 13.6. The fourth-order valence-electron chi connectivity index (χ4n) is 3.57. The standard InChI is InChI=1S/C27H33N3O4/c1-9-30(25(32)20(5)28-26(33)34-27(6,7)8)23(22-18(3)14-12-15-19(22)4)24(31)29-21-16-11-10-13-17(21)2/h1,10-16,20,23H,2-8H3,(H,28,33)(H,29,31). The monoisotopic (exact) mass is 463 g/mol. The number of nitrogens with one attached hydrogen (secondary N) is 2. The zero-order chi connectivity index (χ0) is 25.6. The van der Waals surface area contributed by atoms with Gasteiger partial charge in [-0.05, 0) is 76.8 Å². The number of rotatable bonds is 6. The largest absolute Gasteiger partial charge is 0.444 e. The van der Waals surface area contributed by atoms with E-state index in [1.807, 2.05) is 57.2 Å². The summed E-state index contributed by atoms with van der Waals surface area (Å²) >= 11 is 0. The van der Waals surface area contributed by atoms with E-state index < -0.39 is 35.6 Å². The van der Waals surface area contributed by atoms with Gasteiger partial charge in [0.05, 0.1) is 0 Å². The topological polar surface area (TPSA) is 87.7 Å². The molecule has 2 aromatic rings. The summed E-state index contributed by atoms with van der Waals surface area (Å²) in [5.41, 5.74) is 3.01. The first-order chi connectivity index (χ1) is 15.9. The number of ether oxygens (including phenoxy) is 1. The molecule has 2 atom stereocenters. The molecule has 34 heavy (non-hydrogen) atoms. The van der Waals surface area contributed by atoms with E-state index >= 15 is 0 Å². The number of benzene rings is 2. The van der Waals surface area contributed by atoms with Gasteiger partial charge in [0.25, 0.3) is 11.8 Å². The summed E-state index contributed by atoms with van der Waals surface area (Å²) in [6.07, 6.45) is 5.02. The molecule has 0 saturated carbocycles. The van der Waals surface area contributed by atoms with Gasteiger partial charge < -0.3 is 15.4 Å². The molecule has 7 nitrogen and oxygen atoms in total. The molecule has 2 aromatic carbocycles. The van der Waals surface area contributed by atoms with Crippen LogP contribution in [0.15, 0.2) is 42.5 Å². The maximum Gasteiger partial charge on any atom is 0.408 e. The number of alkyl carbamates (subject to hydrolysis) is 1. The summed E-state index contributed by atoms with van der Waals surface area (Å²) in [6.45, 7) is 12.3. The highest BCUT2D eigenvalue weighted by Crippen LogP contribution is 2.29. The van der Waals surface area contributed by atoms with Crippen LogP contribution in [0.2, 0.25) is 0 Å². The number of hydrogen-bond acceptors (Lipinski definition) is 4. The quantitative estimate of drug-likeness (QED) is 0.483. The molecule has 2 unspecified atom stereocenters. The summed E-state index contributed by atoms with van der Waals surface area (Å²) in [6, 6.07) is 13.2. The number of carbonyl (C=O) groups excluding carboxylic acids is 3. The minimum Gasteiger partial charge on any atom is -0.444 e. The second-order valence-electron chi connectivity index (χ2n) is 9.22. The molecule has 180 valence electrons. The van der Waals surface area contributed by atoms with Crippen molar-refractivity contribution in [2.24, 2.45) is 0 Å². The molecule has 3 amide bonds. The lowest BCUT2D eigenvalue weighted by atomic mass is 9.94. The van der Waals surface area contributed by atoms with Crippen LogP contribution in [0.25, 0.3) is 0 Å². The van der Waals surface area contributed by atoms with E-state index in [0.29, 0.717) is 11.3 Å². The minimum absolute atomic E-state index is 0.456. The van der Waals surface area contributed by atoms with Crippen molar-refractivity contribution in [3.05, 3.63) is 64.7 Å². The summed E-state index contributed by atoms with van der Waals surface area (Å²) in [7, 11) is 0. The summed E-state index contributed by atoms with van der Waals surface area (Å²) < 4.78 is 5.24. The Morgan fingerprint density at radius 1 is 0.971 bits per heavy atom. The molecule has 0 bridgehead atoms. The number of para-hydroxylation sites is 1. The van der Waals surface area contributed by atoms with Crippen LogP contribution in [0.3, 0.4) is 0 Å². The van der Waals surface area contributed by atoms with Crippen LogP contribution >= 0.6 is 0 Å². The molecule has 0 saturated heterocycles. The van der Waals surface area contributed by atoms with Crippen molar-refractivity contribution in [3.8, 4) is 12.5 Å².